The topological polar surface area (TPSA) is 49.3 Å². The Balaban J connectivity index is 2.06. The van der Waals surface area contributed by atoms with Crippen LogP contribution in [0.4, 0.5) is 0 Å². The van der Waals surface area contributed by atoms with Crippen molar-refractivity contribution in [2.45, 2.75) is 44.8 Å². The number of halogens is 1. The molecule has 4 heteroatoms. The summed E-state index contributed by atoms with van der Waals surface area (Å²) in [4.78, 5) is 12.1. The Morgan fingerprint density at radius 1 is 1.33 bits per heavy atom. The molecule has 1 aromatic rings. The van der Waals surface area contributed by atoms with E-state index in [0.717, 1.165) is 35.7 Å². The number of benzene rings is 1. The van der Waals surface area contributed by atoms with Gasteiger partial charge in [-0.2, -0.15) is 0 Å². The summed E-state index contributed by atoms with van der Waals surface area (Å²) in [5, 5.41) is 12.8. The fraction of sp³-hybridized carbons (Fsp3) is 0.500. The molecule has 2 atom stereocenters. The SMILES string of the molecule is Cc1cc(Br)cc(C(=O)N[C@@H]2CCCC[C@H]2O)c1. The molecule has 98 valence electrons. The number of aryl methyl sites for hydroxylation is 1. The van der Waals surface area contributed by atoms with Gasteiger partial charge in [0, 0.05) is 10.0 Å². The maximum absolute atomic E-state index is 12.1. The summed E-state index contributed by atoms with van der Waals surface area (Å²) in [5.41, 5.74) is 1.68. The Hall–Kier alpha value is -0.870. The van der Waals surface area contributed by atoms with Gasteiger partial charge in [-0.15, -0.1) is 0 Å². The van der Waals surface area contributed by atoms with Crippen molar-refractivity contribution >= 4 is 21.8 Å². The zero-order chi connectivity index (χ0) is 13.1. The van der Waals surface area contributed by atoms with Gasteiger partial charge in [0.15, 0.2) is 0 Å². The van der Waals surface area contributed by atoms with E-state index in [1.54, 1.807) is 6.07 Å². The van der Waals surface area contributed by atoms with Crippen LogP contribution in [-0.2, 0) is 0 Å². The fourth-order valence-corrected chi connectivity index (χ4v) is 3.01. The lowest BCUT2D eigenvalue weighted by molar-refractivity contribution is 0.0717. The first-order chi connectivity index (χ1) is 8.56. The zero-order valence-electron chi connectivity index (χ0n) is 10.4. The van der Waals surface area contributed by atoms with Crippen molar-refractivity contribution in [2.75, 3.05) is 0 Å². The van der Waals surface area contributed by atoms with Gasteiger partial charge in [0.1, 0.15) is 0 Å². The van der Waals surface area contributed by atoms with Crippen molar-refractivity contribution in [1.29, 1.82) is 0 Å². The summed E-state index contributed by atoms with van der Waals surface area (Å²) in [6, 6.07) is 5.52. The van der Waals surface area contributed by atoms with E-state index in [0.29, 0.717) is 5.56 Å². The minimum atomic E-state index is -0.407. The second kappa shape index (κ2) is 5.85. The predicted octanol–water partition coefficient (Wildman–Crippen LogP) is 2.79. The molecule has 1 amide bonds. The van der Waals surface area contributed by atoms with Crippen LogP contribution in [0.2, 0.25) is 0 Å². The van der Waals surface area contributed by atoms with Crippen molar-refractivity contribution in [3.8, 4) is 0 Å². The number of aliphatic hydroxyl groups is 1. The van der Waals surface area contributed by atoms with Crippen LogP contribution in [0.15, 0.2) is 22.7 Å². The monoisotopic (exact) mass is 311 g/mol. The number of carbonyl (C=O) groups is 1. The highest BCUT2D eigenvalue weighted by atomic mass is 79.9. The Morgan fingerprint density at radius 3 is 2.72 bits per heavy atom. The van der Waals surface area contributed by atoms with E-state index < -0.39 is 6.10 Å². The zero-order valence-corrected chi connectivity index (χ0v) is 12.0. The van der Waals surface area contributed by atoms with Gasteiger partial charge in [-0.25, -0.2) is 0 Å². The molecule has 2 N–H and O–H groups in total. The standard InChI is InChI=1S/C14H18BrNO2/c1-9-6-10(8-11(15)7-9)14(18)16-12-4-2-3-5-13(12)17/h6-8,12-13,17H,2-5H2,1H3,(H,16,18)/t12-,13-/m1/s1. The Morgan fingerprint density at radius 2 is 2.06 bits per heavy atom. The van der Waals surface area contributed by atoms with Gasteiger partial charge >= 0.3 is 0 Å². The summed E-state index contributed by atoms with van der Waals surface area (Å²) in [6.45, 7) is 1.96. The molecule has 1 aromatic carbocycles. The second-order valence-electron chi connectivity index (χ2n) is 4.95. The summed E-state index contributed by atoms with van der Waals surface area (Å²) < 4.78 is 0.900. The number of aliphatic hydroxyl groups excluding tert-OH is 1. The first-order valence-corrected chi connectivity index (χ1v) is 7.11. The lowest BCUT2D eigenvalue weighted by Gasteiger charge is -2.28. The van der Waals surface area contributed by atoms with Gasteiger partial charge in [0.25, 0.3) is 5.91 Å². The lowest BCUT2D eigenvalue weighted by atomic mass is 9.92. The molecule has 0 spiro atoms. The molecule has 18 heavy (non-hydrogen) atoms. The summed E-state index contributed by atoms with van der Waals surface area (Å²) >= 11 is 3.39. The van der Waals surface area contributed by atoms with Gasteiger partial charge in [0.2, 0.25) is 0 Å². The van der Waals surface area contributed by atoms with Crippen LogP contribution in [-0.4, -0.2) is 23.2 Å². The molecule has 1 saturated carbocycles. The minimum Gasteiger partial charge on any atom is -0.391 e. The van der Waals surface area contributed by atoms with Crippen LogP contribution < -0.4 is 5.32 Å². The van der Waals surface area contributed by atoms with Crippen LogP contribution in [0.25, 0.3) is 0 Å². The van der Waals surface area contributed by atoms with E-state index in [2.05, 4.69) is 21.2 Å². The van der Waals surface area contributed by atoms with E-state index in [4.69, 9.17) is 0 Å². The van der Waals surface area contributed by atoms with Gasteiger partial charge in [0.05, 0.1) is 12.1 Å². The van der Waals surface area contributed by atoms with E-state index in [1.807, 2.05) is 19.1 Å². The molecular formula is C14H18BrNO2. The van der Waals surface area contributed by atoms with Crippen molar-refractivity contribution in [2.24, 2.45) is 0 Å². The normalized spacial score (nSPS) is 23.7. The fourth-order valence-electron chi connectivity index (χ4n) is 2.40. The molecule has 2 rings (SSSR count). The molecule has 0 bridgehead atoms. The quantitative estimate of drug-likeness (QED) is 0.882. The van der Waals surface area contributed by atoms with Crippen molar-refractivity contribution in [3.63, 3.8) is 0 Å². The van der Waals surface area contributed by atoms with Crippen LogP contribution in [0.1, 0.15) is 41.6 Å². The highest BCUT2D eigenvalue weighted by molar-refractivity contribution is 9.10. The maximum Gasteiger partial charge on any atom is 0.251 e. The molecule has 0 unspecified atom stereocenters. The van der Waals surface area contributed by atoms with Crippen molar-refractivity contribution in [1.82, 2.24) is 5.32 Å². The smallest absolute Gasteiger partial charge is 0.251 e. The van der Waals surface area contributed by atoms with Crippen LogP contribution >= 0.6 is 15.9 Å². The molecule has 0 saturated heterocycles. The number of amides is 1. The van der Waals surface area contributed by atoms with Gasteiger partial charge < -0.3 is 10.4 Å². The lowest BCUT2D eigenvalue weighted by Crippen LogP contribution is -2.45. The third-order valence-corrected chi connectivity index (χ3v) is 3.81. The van der Waals surface area contributed by atoms with Crippen LogP contribution in [0, 0.1) is 6.92 Å². The van der Waals surface area contributed by atoms with E-state index in [-0.39, 0.29) is 11.9 Å². The molecule has 1 aliphatic carbocycles. The largest absolute Gasteiger partial charge is 0.391 e. The number of hydrogen-bond donors (Lipinski definition) is 2. The first-order valence-electron chi connectivity index (χ1n) is 6.32. The third kappa shape index (κ3) is 3.33. The second-order valence-corrected chi connectivity index (χ2v) is 5.86. The summed E-state index contributed by atoms with van der Waals surface area (Å²) in [7, 11) is 0. The average Bonchev–Trinajstić information content (AvgIpc) is 2.31. The number of nitrogens with one attached hydrogen (secondary N) is 1. The van der Waals surface area contributed by atoms with Crippen LogP contribution in [0.3, 0.4) is 0 Å². The molecule has 1 aliphatic rings. The van der Waals surface area contributed by atoms with Crippen LogP contribution in [0.5, 0.6) is 0 Å². The molecule has 0 aromatic heterocycles. The van der Waals surface area contributed by atoms with Gasteiger partial charge in [-0.05, 0) is 43.5 Å². The Labute approximate surface area is 116 Å². The average molecular weight is 312 g/mol. The van der Waals surface area contributed by atoms with E-state index >= 15 is 0 Å². The highest BCUT2D eigenvalue weighted by Crippen LogP contribution is 2.20. The molecule has 0 heterocycles. The Bertz CT molecular complexity index is 427. The number of hydrogen-bond acceptors (Lipinski definition) is 2. The molecule has 1 fully saturated rings. The maximum atomic E-state index is 12.1. The van der Waals surface area contributed by atoms with E-state index in [9.17, 15) is 9.90 Å². The molecule has 3 nitrogen and oxygen atoms in total. The Kier molecular flexibility index (Phi) is 4.40. The van der Waals surface area contributed by atoms with Crippen molar-refractivity contribution < 1.29 is 9.90 Å². The predicted molar refractivity (Wildman–Crippen MR) is 74.6 cm³/mol. The molecule has 0 aliphatic heterocycles. The van der Waals surface area contributed by atoms with Gasteiger partial charge in [-0.3, -0.25) is 4.79 Å². The van der Waals surface area contributed by atoms with E-state index in [1.165, 1.54) is 0 Å². The van der Waals surface area contributed by atoms with Crippen molar-refractivity contribution in [3.05, 3.63) is 33.8 Å². The third-order valence-electron chi connectivity index (χ3n) is 3.35. The minimum absolute atomic E-state index is 0.106. The number of rotatable bonds is 2. The first kappa shape index (κ1) is 13.6. The highest BCUT2D eigenvalue weighted by Gasteiger charge is 2.24. The number of carbonyl (C=O) groups excluding carboxylic acids is 1. The molecule has 0 radical (unpaired) electrons. The summed E-state index contributed by atoms with van der Waals surface area (Å²) in [6.07, 6.45) is 3.35. The molecular weight excluding hydrogens is 294 g/mol. The summed E-state index contributed by atoms with van der Waals surface area (Å²) in [5.74, 6) is -0.106. The van der Waals surface area contributed by atoms with Gasteiger partial charge in [-0.1, -0.05) is 28.8 Å².